The van der Waals surface area contributed by atoms with Gasteiger partial charge in [-0.05, 0) is 43.6 Å². The molecule has 0 bridgehead atoms. The number of rotatable bonds is 5. The molecule has 0 saturated carbocycles. The van der Waals surface area contributed by atoms with Gasteiger partial charge in [0.25, 0.3) is 0 Å². The first-order valence-electron chi connectivity index (χ1n) is 7.25. The lowest BCUT2D eigenvalue weighted by molar-refractivity contribution is 0.305. The van der Waals surface area contributed by atoms with E-state index in [1.165, 1.54) is 25.0 Å². The number of nitrogens with two attached hydrogens (primary N) is 1. The summed E-state index contributed by atoms with van der Waals surface area (Å²) in [7, 11) is 0. The Bertz CT molecular complexity index is 595. The molecule has 1 aromatic carbocycles. The van der Waals surface area contributed by atoms with E-state index in [-0.39, 0.29) is 11.9 Å². The summed E-state index contributed by atoms with van der Waals surface area (Å²) in [5.41, 5.74) is 6.92. The molecule has 1 aliphatic heterocycles. The fourth-order valence-electron chi connectivity index (χ4n) is 2.64. The predicted molar refractivity (Wildman–Crippen MR) is 76.1 cm³/mol. The zero-order chi connectivity index (χ0) is 14.7. The molecule has 1 fully saturated rings. The molecule has 2 aromatic rings. The first-order chi connectivity index (χ1) is 10.2. The standard InChI is InChI=1S/C15H19FN4O/c16-12-5-3-4-11(8-12)9-14-18-15(19-21-14)13(17)10-20-6-1-2-7-20/h3-5,8,13H,1-2,6-7,9-10,17H2. The van der Waals surface area contributed by atoms with Crippen LogP contribution in [0.5, 0.6) is 0 Å². The van der Waals surface area contributed by atoms with Crippen molar-refractivity contribution in [1.82, 2.24) is 15.0 Å². The minimum absolute atomic E-state index is 0.242. The van der Waals surface area contributed by atoms with E-state index in [9.17, 15) is 4.39 Å². The van der Waals surface area contributed by atoms with Gasteiger partial charge < -0.3 is 15.2 Å². The van der Waals surface area contributed by atoms with Gasteiger partial charge in [0, 0.05) is 6.54 Å². The van der Waals surface area contributed by atoms with Crippen LogP contribution < -0.4 is 5.73 Å². The van der Waals surface area contributed by atoms with Crippen molar-refractivity contribution in [1.29, 1.82) is 0 Å². The first kappa shape index (κ1) is 14.2. The Kier molecular flexibility index (Phi) is 4.26. The number of likely N-dealkylation sites (tertiary alicyclic amines) is 1. The topological polar surface area (TPSA) is 68.2 Å². The van der Waals surface area contributed by atoms with Crippen molar-refractivity contribution in [2.24, 2.45) is 5.73 Å². The predicted octanol–water partition coefficient (Wildman–Crippen LogP) is 1.90. The Morgan fingerprint density at radius 1 is 1.33 bits per heavy atom. The fourth-order valence-corrected chi connectivity index (χ4v) is 2.64. The summed E-state index contributed by atoms with van der Waals surface area (Å²) in [5.74, 6) is 0.721. The van der Waals surface area contributed by atoms with Crippen molar-refractivity contribution in [3.05, 3.63) is 47.4 Å². The van der Waals surface area contributed by atoms with Gasteiger partial charge in [-0.1, -0.05) is 17.3 Å². The number of aromatic nitrogens is 2. The number of halogens is 1. The Hall–Kier alpha value is -1.79. The molecule has 1 unspecified atom stereocenters. The molecule has 112 valence electrons. The molecule has 3 rings (SSSR count). The summed E-state index contributed by atoms with van der Waals surface area (Å²) in [6, 6.07) is 6.13. The van der Waals surface area contributed by atoms with Gasteiger partial charge in [0.15, 0.2) is 5.82 Å². The van der Waals surface area contributed by atoms with Crippen molar-refractivity contribution >= 4 is 0 Å². The molecule has 1 aliphatic rings. The Morgan fingerprint density at radius 3 is 2.90 bits per heavy atom. The highest BCUT2D eigenvalue weighted by Crippen LogP contribution is 2.15. The molecule has 2 heterocycles. The van der Waals surface area contributed by atoms with Crippen LogP contribution in [0.4, 0.5) is 4.39 Å². The highest BCUT2D eigenvalue weighted by molar-refractivity contribution is 5.19. The van der Waals surface area contributed by atoms with E-state index < -0.39 is 0 Å². The van der Waals surface area contributed by atoms with Crippen LogP contribution in [0.2, 0.25) is 0 Å². The average Bonchev–Trinajstić information content (AvgIpc) is 3.10. The molecule has 1 atom stereocenters. The third kappa shape index (κ3) is 3.65. The first-order valence-corrected chi connectivity index (χ1v) is 7.25. The smallest absolute Gasteiger partial charge is 0.231 e. The minimum Gasteiger partial charge on any atom is -0.339 e. The third-order valence-corrected chi connectivity index (χ3v) is 3.71. The van der Waals surface area contributed by atoms with Gasteiger partial charge in [-0.3, -0.25) is 0 Å². The number of hydrogen-bond donors (Lipinski definition) is 1. The van der Waals surface area contributed by atoms with E-state index >= 15 is 0 Å². The molecular formula is C15H19FN4O. The highest BCUT2D eigenvalue weighted by Gasteiger charge is 2.20. The molecule has 1 aromatic heterocycles. The fraction of sp³-hybridized carbons (Fsp3) is 0.467. The van der Waals surface area contributed by atoms with Crippen LogP contribution in [0.25, 0.3) is 0 Å². The van der Waals surface area contributed by atoms with Gasteiger partial charge in [0.2, 0.25) is 5.89 Å². The lowest BCUT2D eigenvalue weighted by atomic mass is 10.1. The molecule has 1 saturated heterocycles. The average molecular weight is 290 g/mol. The number of benzene rings is 1. The monoisotopic (exact) mass is 290 g/mol. The molecular weight excluding hydrogens is 271 g/mol. The van der Waals surface area contributed by atoms with Crippen molar-refractivity contribution in [2.45, 2.75) is 25.3 Å². The van der Waals surface area contributed by atoms with E-state index in [2.05, 4.69) is 15.0 Å². The van der Waals surface area contributed by atoms with Gasteiger partial charge in [-0.2, -0.15) is 4.98 Å². The maximum atomic E-state index is 13.1. The van der Waals surface area contributed by atoms with Crippen LogP contribution in [0.1, 0.15) is 36.2 Å². The normalized spacial score (nSPS) is 17.2. The summed E-state index contributed by atoms with van der Waals surface area (Å²) < 4.78 is 18.4. The Labute approximate surface area is 122 Å². The van der Waals surface area contributed by atoms with Gasteiger partial charge in [-0.15, -0.1) is 0 Å². The van der Waals surface area contributed by atoms with Gasteiger partial charge in [-0.25, -0.2) is 4.39 Å². The molecule has 6 heteroatoms. The van der Waals surface area contributed by atoms with Crippen molar-refractivity contribution in [2.75, 3.05) is 19.6 Å². The second-order valence-electron chi connectivity index (χ2n) is 5.47. The van der Waals surface area contributed by atoms with Crippen molar-refractivity contribution in [3.8, 4) is 0 Å². The molecule has 0 spiro atoms. The van der Waals surface area contributed by atoms with Gasteiger partial charge in [0.1, 0.15) is 5.82 Å². The van der Waals surface area contributed by atoms with E-state index in [1.54, 1.807) is 6.07 Å². The van der Waals surface area contributed by atoms with E-state index in [1.807, 2.05) is 6.07 Å². The maximum Gasteiger partial charge on any atom is 0.231 e. The quantitative estimate of drug-likeness (QED) is 0.911. The number of nitrogens with zero attached hydrogens (tertiary/aromatic N) is 3. The van der Waals surface area contributed by atoms with Crippen LogP contribution in [-0.4, -0.2) is 34.7 Å². The molecule has 5 nitrogen and oxygen atoms in total. The Balaban J connectivity index is 1.62. The van der Waals surface area contributed by atoms with Crippen LogP contribution >= 0.6 is 0 Å². The SMILES string of the molecule is NC(CN1CCCC1)c1noc(Cc2cccc(F)c2)n1. The Morgan fingerprint density at radius 2 is 2.14 bits per heavy atom. The summed E-state index contributed by atoms with van der Waals surface area (Å²) in [4.78, 5) is 6.64. The molecule has 0 amide bonds. The van der Waals surface area contributed by atoms with E-state index in [0.29, 0.717) is 18.1 Å². The molecule has 2 N–H and O–H groups in total. The van der Waals surface area contributed by atoms with Crippen LogP contribution in [0.3, 0.4) is 0 Å². The second-order valence-corrected chi connectivity index (χ2v) is 5.47. The lowest BCUT2D eigenvalue weighted by Gasteiger charge is -2.17. The van der Waals surface area contributed by atoms with Crippen LogP contribution in [-0.2, 0) is 6.42 Å². The minimum atomic E-state index is -0.266. The van der Waals surface area contributed by atoms with Crippen molar-refractivity contribution in [3.63, 3.8) is 0 Å². The van der Waals surface area contributed by atoms with Gasteiger partial charge >= 0.3 is 0 Å². The van der Waals surface area contributed by atoms with Gasteiger partial charge in [0.05, 0.1) is 12.5 Å². The molecule has 0 aliphatic carbocycles. The zero-order valence-corrected chi connectivity index (χ0v) is 11.8. The maximum absolute atomic E-state index is 13.1. The summed E-state index contributed by atoms with van der Waals surface area (Å²) in [6.45, 7) is 2.92. The van der Waals surface area contributed by atoms with Crippen LogP contribution in [0, 0.1) is 5.82 Å². The third-order valence-electron chi connectivity index (χ3n) is 3.71. The second kappa shape index (κ2) is 6.32. The van der Waals surface area contributed by atoms with Crippen LogP contribution in [0.15, 0.2) is 28.8 Å². The number of hydrogen-bond acceptors (Lipinski definition) is 5. The lowest BCUT2D eigenvalue weighted by Crippen LogP contribution is -2.30. The summed E-state index contributed by atoms with van der Waals surface area (Å²) in [6.07, 6.45) is 2.87. The molecule has 0 radical (unpaired) electrons. The van der Waals surface area contributed by atoms with E-state index in [0.717, 1.165) is 25.2 Å². The summed E-state index contributed by atoms with van der Waals surface area (Å²) >= 11 is 0. The summed E-state index contributed by atoms with van der Waals surface area (Å²) in [5, 5.41) is 3.95. The van der Waals surface area contributed by atoms with Crippen molar-refractivity contribution < 1.29 is 8.91 Å². The largest absolute Gasteiger partial charge is 0.339 e. The zero-order valence-electron chi connectivity index (χ0n) is 11.8. The molecule has 21 heavy (non-hydrogen) atoms. The highest BCUT2D eigenvalue weighted by atomic mass is 19.1. The van der Waals surface area contributed by atoms with E-state index in [4.69, 9.17) is 10.3 Å².